The number of hydrogen-bond acceptors (Lipinski definition) is 7. The first-order valence-corrected chi connectivity index (χ1v) is 10.5. The monoisotopic (exact) mass is 486 g/mol. The van der Waals surface area contributed by atoms with Crippen molar-refractivity contribution in [1.29, 1.82) is 5.26 Å². The van der Waals surface area contributed by atoms with Gasteiger partial charge in [0, 0.05) is 18.7 Å². The number of amides is 1. The van der Waals surface area contributed by atoms with Crippen molar-refractivity contribution in [1.82, 2.24) is 10.3 Å². The van der Waals surface area contributed by atoms with Crippen LogP contribution in [0.3, 0.4) is 0 Å². The maximum absolute atomic E-state index is 12.0. The van der Waals surface area contributed by atoms with Gasteiger partial charge in [0.2, 0.25) is 0 Å². The first-order chi connectivity index (χ1) is 15.1. The normalized spacial score (nSPS) is 14.2. The molecule has 9 heteroatoms. The van der Waals surface area contributed by atoms with Gasteiger partial charge in [0.05, 0.1) is 49.2 Å². The van der Waals surface area contributed by atoms with E-state index in [1.54, 1.807) is 25.5 Å². The van der Waals surface area contributed by atoms with Crippen molar-refractivity contribution < 1.29 is 19.0 Å². The smallest absolute Gasteiger partial charge is 0.254 e. The van der Waals surface area contributed by atoms with Crippen LogP contribution in [0.25, 0.3) is 0 Å². The van der Waals surface area contributed by atoms with Gasteiger partial charge in [-0.15, -0.1) is 0 Å². The van der Waals surface area contributed by atoms with E-state index in [1.807, 2.05) is 29.2 Å². The third-order valence-corrected chi connectivity index (χ3v) is 5.22. The van der Waals surface area contributed by atoms with Gasteiger partial charge in [-0.2, -0.15) is 10.4 Å². The highest BCUT2D eigenvalue weighted by Crippen LogP contribution is 2.37. The van der Waals surface area contributed by atoms with Crippen LogP contribution < -0.4 is 14.9 Å². The highest BCUT2D eigenvalue weighted by atomic mass is 79.9. The molecule has 8 nitrogen and oxygen atoms in total. The molecule has 1 heterocycles. The Morgan fingerprint density at radius 1 is 1.35 bits per heavy atom. The Morgan fingerprint density at radius 3 is 2.87 bits per heavy atom. The van der Waals surface area contributed by atoms with E-state index in [-0.39, 0.29) is 19.1 Å². The first-order valence-electron chi connectivity index (χ1n) is 9.71. The molecule has 1 aliphatic rings. The molecule has 1 fully saturated rings. The molecular weight excluding hydrogens is 464 g/mol. The minimum absolute atomic E-state index is 0.180. The largest absolute Gasteiger partial charge is 0.493 e. The molecule has 2 aromatic carbocycles. The number of halogens is 1. The number of hydrogen-bond donors (Lipinski definition) is 1. The summed E-state index contributed by atoms with van der Waals surface area (Å²) in [5.74, 6) is 0.842. The van der Waals surface area contributed by atoms with Crippen LogP contribution in [0.4, 0.5) is 0 Å². The first kappa shape index (κ1) is 22.7. The topological polar surface area (TPSA) is 96.2 Å². The molecule has 0 unspecified atom stereocenters. The van der Waals surface area contributed by atoms with Crippen LogP contribution in [0.1, 0.15) is 16.7 Å². The average Bonchev–Trinajstić information content (AvgIpc) is 2.79. The molecule has 0 atom stereocenters. The summed E-state index contributed by atoms with van der Waals surface area (Å²) in [6.07, 6.45) is 1.54. The quantitative estimate of drug-likeness (QED) is 0.455. The Kier molecular flexibility index (Phi) is 8.41. The SMILES string of the molecule is COc1cc(/C=N/NC(=O)CN2CCOCC2)cc(Br)c1OCc1ccccc1C#N. The van der Waals surface area contributed by atoms with Crippen molar-refractivity contribution >= 4 is 28.1 Å². The summed E-state index contributed by atoms with van der Waals surface area (Å²) in [6.45, 7) is 3.26. The molecule has 0 aliphatic carbocycles. The summed E-state index contributed by atoms with van der Waals surface area (Å²) < 4.78 is 17.3. The standard InChI is InChI=1S/C22H23BrN4O4/c1-29-20-11-16(13-25-26-21(28)14-27-6-8-30-9-7-27)10-19(23)22(20)31-15-18-5-3-2-4-17(18)12-24/h2-5,10-11,13H,6-9,14-15H2,1H3,(H,26,28)/b25-13+. The molecule has 31 heavy (non-hydrogen) atoms. The van der Waals surface area contributed by atoms with Crippen LogP contribution in [0.15, 0.2) is 46.0 Å². The molecule has 2 aromatic rings. The molecule has 1 aliphatic heterocycles. The van der Waals surface area contributed by atoms with E-state index in [2.05, 4.69) is 32.5 Å². The molecule has 0 aromatic heterocycles. The zero-order valence-corrected chi connectivity index (χ0v) is 18.7. The molecular formula is C22H23BrN4O4. The lowest BCUT2D eigenvalue weighted by molar-refractivity contribution is -0.123. The number of rotatable bonds is 8. The van der Waals surface area contributed by atoms with Gasteiger partial charge in [-0.25, -0.2) is 5.43 Å². The number of morpholine rings is 1. The third-order valence-electron chi connectivity index (χ3n) is 4.64. The summed E-state index contributed by atoms with van der Waals surface area (Å²) in [5.41, 5.74) is 4.61. The number of nitrogens with one attached hydrogen (secondary N) is 1. The molecule has 1 saturated heterocycles. The summed E-state index contributed by atoms with van der Waals surface area (Å²) in [6, 6.07) is 13.0. The molecule has 0 spiro atoms. The lowest BCUT2D eigenvalue weighted by atomic mass is 10.1. The van der Waals surface area contributed by atoms with Crippen molar-refractivity contribution in [3.05, 3.63) is 57.6 Å². The Labute approximate surface area is 189 Å². The number of ether oxygens (including phenoxy) is 3. The van der Waals surface area contributed by atoms with E-state index < -0.39 is 0 Å². The zero-order chi connectivity index (χ0) is 22.1. The lowest BCUT2D eigenvalue weighted by Gasteiger charge is -2.25. The highest BCUT2D eigenvalue weighted by Gasteiger charge is 2.14. The van der Waals surface area contributed by atoms with Crippen molar-refractivity contribution in [3.8, 4) is 17.6 Å². The van der Waals surface area contributed by atoms with Gasteiger partial charge in [-0.05, 0) is 39.7 Å². The van der Waals surface area contributed by atoms with Gasteiger partial charge in [0.1, 0.15) is 6.61 Å². The predicted molar refractivity (Wildman–Crippen MR) is 119 cm³/mol. The van der Waals surface area contributed by atoms with Crippen LogP contribution >= 0.6 is 15.9 Å². The number of carbonyl (C=O) groups excluding carboxylic acids is 1. The van der Waals surface area contributed by atoms with Gasteiger partial charge in [-0.1, -0.05) is 18.2 Å². The van der Waals surface area contributed by atoms with Crippen LogP contribution in [0.2, 0.25) is 0 Å². The Bertz CT molecular complexity index is 984. The molecule has 3 rings (SSSR count). The van der Waals surface area contributed by atoms with Crippen LogP contribution in [0.5, 0.6) is 11.5 Å². The van der Waals surface area contributed by atoms with Crippen LogP contribution in [-0.2, 0) is 16.1 Å². The lowest BCUT2D eigenvalue weighted by Crippen LogP contribution is -2.42. The third kappa shape index (κ3) is 6.52. The van der Waals surface area contributed by atoms with Crippen molar-refractivity contribution in [2.75, 3.05) is 40.0 Å². The zero-order valence-electron chi connectivity index (χ0n) is 17.1. The number of nitriles is 1. The van der Waals surface area contributed by atoms with E-state index in [1.165, 1.54) is 0 Å². The van der Waals surface area contributed by atoms with Crippen LogP contribution in [-0.4, -0.2) is 57.0 Å². The molecule has 0 bridgehead atoms. The molecule has 0 radical (unpaired) electrons. The van der Waals surface area contributed by atoms with Gasteiger partial charge in [0.15, 0.2) is 11.5 Å². The highest BCUT2D eigenvalue weighted by molar-refractivity contribution is 9.10. The van der Waals surface area contributed by atoms with Crippen LogP contribution in [0, 0.1) is 11.3 Å². The van der Waals surface area contributed by atoms with E-state index in [9.17, 15) is 10.1 Å². The number of hydrazone groups is 1. The fraction of sp³-hybridized carbons (Fsp3) is 0.318. The fourth-order valence-corrected chi connectivity index (χ4v) is 3.61. The number of benzene rings is 2. The number of methoxy groups -OCH3 is 1. The molecule has 162 valence electrons. The summed E-state index contributed by atoms with van der Waals surface area (Å²) >= 11 is 3.50. The van der Waals surface area contributed by atoms with Gasteiger partial charge in [-0.3, -0.25) is 9.69 Å². The second-order valence-electron chi connectivity index (χ2n) is 6.77. The summed E-state index contributed by atoms with van der Waals surface area (Å²) in [7, 11) is 1.54. The molecule has 1 amide bonds. The minimum Gasteiger partial charge on any atom is -0.493 e. The fourth-order valence-electron chi connectivity index (χ4n) is 3.04. The number of carbonyl (C=O) groups is 1. The second kappa shape index (κ2) is 11.5. The summed E-state index contributed by atoms with van der Waals surface area (Å²) in [4.78, 5) is 14.1. The van der Waals surface area contributed by atoms with Gasteiger partial charge < -0.3 is 14.2 Å². The van der Waals surface area contributed by atoms with E-state index in [0.29, 0.717) is 34.7 Å². The Morgan fingerprint density at radius 2 is 2.13 bits per heavy atom. The van der Waals surface area contributed by atoms with E-state index >= 15 is 0 Å². The molecule has 0 saturated carbocycles. The van der Waals surface area contributed by atoms with Gasteiger partial charge in [0.25, 0.3) is 5.91 Å². The second-order valence-corrected chi connectivity index (χ2v) is 7.63. The number of nitrogens with zero attached hydrogens (tertiary/aromatic N) is 3. The maximum Gasteiger partial charge on any atom is 0.254 e. The predicted octanol–water partition coefficient (Wildman–Crippen LogP) is 2.69. The average molecular weight is 487 g/mol. The Balaban J connectivity index is 1.62. The van der Waals surface area contributed by atoms with Crippen molar-refractivity contribution in [2.45, 2.75) is 6.61 Å². The van der Waals surface area contributed by atoms with Crippen molar-refractivity contribution in [3.63, 3.8) is 0 Å². The summed E-state index contributed by atoms with van der Waals surface area (Å²) in [5, 5.41) is 13.3. The Hall–Kier alpha value is -2.93. The maximum atomic E-state index is 12.0. The van der Waals surface area contributed by atoms with E-state index in [0.717, 1.165) is 24.2 Å². The van der Waals surface area contributed by atoms with Crippen molar-refractivity contribution in [2.24, 2.45) is 5.10 Å². The van der Waals surface area contributed by atoms with Gasteiger partial charge >= 0.3 is 0 Å². The molecule has 1 N–H and O–H groups in total. The van der Waals surface area contributed by atoms with E-state index in [4.69, 9.17) is 14.2 Å². The minimum atomic E-state index is -0.180.